The van der Waals surface area contributed by atoms with E-state index in [9.17, 15) is 31.1 Å². The zero-order valence-electron chi connectivity index (χ0n) is 9.60. The number of hydrogen-bond donors (Lipinski definition) is 2. The fraction of sp³-hybridized carbons (Fsp3) is 0.300. The van der Waals surface area contributed by atoms with Crippen LogP contribution in [0.2, 0.25) is 0 Å². The number of urea groups is 1. The van der Waals surface area contributed by atoms with Gasteiger partial charge in [0.05, 0.1) is 5.69 Å². The quantitative estimate of drug-likeness (QED) is 0.842. The molecular weight excluding hydrogens is 294 g/mol. The molecule has 10 heteroatoms. The lowest BCUT2D eigenvalue weighted by molar-refractivity contribution is -0.274. The van der Waals surface area contributed by atoms with Crippen molar-refractivity contribution in [1.29, 1.82) is 0 Å². The molecule has 2 N–H and O–H groups in total. The summed E-state index contributed by atoms with van der Waals surface area (Å²) in [5.41, 5.74) is -0.413. The van der Waals surface area contributed by atoms with Gasteiger partial charge in [0.1, 0.15) is 6.54 Å². The molecule has 0 radical (unpaired) electrons. The van der Waals surface area contributed by atoms with Crippen LogP contribution in [-0.2, 0) is 0 Å². The van der Waals surface area contributed by atoms with E-state index < -0.39 is 36.6 Å². The van der Waals surface area contributed by atoms with Crippen molar-refractivity contribution in [1.82, 2.24) is 5.32 Å². The van der Waals surface area contributed by atoms with E-state index >= 15 is 0 Å². The number of carbonyl (C=O) groups excluding carboxylic acids is 1. The zero-order chi connectivity index (χ0) is 15.4. The molecule has 4 nitrogen and oxygen atoms in total. The monoisotopic (exact) mass is 302 g/mol. The minimum absolute atomic E-state index is 0.413. The minimum Gasteiger partial charge on any atom is -0.404 e. The maximum Gasteiger partial charge on any atom is 0.573 e. The molecule has 1 aromatic rings. The molecule has 1 rings (SSSR count). The maximum atomic E-state index is 12.1. The smallest absolute Gasteiger partial charge is 0.404 e. The molecule has 0 aromatic heterocycles. The summed E-state index contributed by atoms with van der Waals surface area (Å²) >= 11 is 0. The van der Waals surface area contributed by atoms with Crippen LogP contribution >= 0.6 is 0 Å². The first-order chi connectivity index (χ1) is 9.07. The third kappa shape index (κ3) is 6.16. The van der Waals surface area contributed by atoms with Crippen LogP contribution in [-0.4, -0.2) is 25.1 Å². The number of amides is 2. The summed E-state index contributed by atoms with van der Waals surface area (Å²) in [4.78, 5) is 11.1. The average Bonchev–Trinajstić information content (AvgIpc) is 2.26. The van der Waals surface area contributed by atoms with E-state index in [1.807, 2.05) is 5.32 Å². The van der Waals surface area contributed by atoms with Crippen LogP contribution in [0.5, 0.6) is 5.75 Å². The second kappa shape index (κ2) is 5.88. The van der Waals surface area contributed by atoms with E-state index in [2.05, 4.69) is 4.74 Å². The Morgan fingerprint density at radius 1 is 1.10 bits per heavy atom. The molecule has 0 saturated carbocycles. The standard InChI is InChI=1S/C10H8F6N2O2/c11-9(12,13)5-17-8(19)18-6-3-1-2-4-7(6)20-10(14,15)16/h1-4H,5H2,(H2,17,18,19). The summed E-state index contributed by atoms with van der Waals surface area (Å²) in [6.07, 6.45) is -9.61. The fourth-order valence-electron chi connectivity index (χ4n) is 1.13. The number of nitrogens with one attached hydrogen (secondary N) is 2. The molecule has 2 amide bonds. The summed E-state index contributed by atoms with van der Waals surface area (Å²) in [6.45, 7) is -1.61. The van der Waals surface area contributed by atoms with Gasteiger partial charge in [-0.2, -0.15) is 13.2 Å². The first-order valence-electron chi connectivity index (χ1n) is 5.03. The van der Waals surface area contributed by atoms with Gasteiger partial charge in [0.25, 0.3) is 0 Å². The third-order valence-electron chi connectivity index (χ3n) is 1.81. The van der Waals surface area contributed by atoms with E-state index in [0.29, 0.717) is 0 Å². The van der Waals surface area contributed by atoms with Crippen molar-refractivity contribution < 1.29 is 35.9 Å². The van der Waals surface area contributed by atoms with Crippen molar-refractivity contribution >= 4 is 11.7 Å². The van der Waals surface area contributed by atoms with Crippen molar-refractivity contribution in [3.63, 3.8) is 0 Å². The van der Waals surface area contributed by atoms with E-state index in [1.165, 1.54) is 17.4 Å². The Morgan fingerprint density at radius 2 is 1.70 bits per heavy atom. The van der Waals surface area contributed by atoms with E-state index in [1.54, 1.807) is 0 Å². The van der Waals surface area contributed by atoms with Crippen molar-refractivity contribution in [2.75, 3.05) is 11.9 Å². The van der Waals surface area contributed by atoms with Gasteiger partial charge < -0.3 is 15.4 Å². The second-order valence-electron chi connectivity index (χ2n) is 3.47. The predicted octanol–water partition coefficient (Wildman–Crippen LogP) is 3.27. The lowest BCUT2D eigenvalue weighted by Crippen LogP contribution is -2.36. The average molecular weight is 302 g/mol. The maximum absolute atomic E-state index is 12.1. The van der Waals surface area contributed by atoms with Crippen LogP contribution in [0, 0.1) is 0 Å². The normalized spacial score (nSPS) is 11.9. The van der Waals surface area contributed by atoms with Crippen molar-refractivity contribution in [2.24, 2.45) is 0 Å². The van der Waals surface area contributed by atoms with Crippen LogP contribution < -0.4 is 15.4 Å². The van der Waals surface area contributed by atoms with Crippen LogP contribution in [0.15, 0.2) is 24.3 Å². The highest BCUT2D eigenvalue weighted by Gasteiger charge is 2.32. The van der Waals surface area contributed by atoms with E-state index in [-0.39, 0.29) is 0 Å². The van der Waals surface area contributed by atoms with Gasteiger partial charge in [-0.05, 0) is 12.1 Å². The molecule has 0 bridgehead atoms. The molecule has 0 fully saturated rings. The minimum atomic E-state index is -4.99. The van der Waals surface area contributed by atoms with Crippen molar-refractivity contribution in [3.05, 3.63) is 24.3 Å². The molecule has 0 heterocycles. The van der Waals surface area contributed by atoms with Crippen LogP contribution in [0.4, 0.5) is 36.8 Å². The molecule has 0 unspecified atom stereocenters. The lowest BCUT2D eigenvalue weighted by atomic mass is 10.3. The van der Waals surface area contributed by atoms with Gasteiger partial charge in [-0.25, -0.2) is 4.79 Å². The lowest BCUT2D eigenvalue weighted by Gasteiger charge is -2.14. The van der Waals surface area contributed by atoms with Crippen LogP contribution in [0.1, 0.15) is 0 Å². The van der Waals surface area contributed by atoms with Gasteiger partial charge >= 0.3 is 18.6 Å². The number of anilines is 1. The first kappa shape index (κ1) is 15.9. The molecule has 1 aromatic carbocycles. The summed E-state index contributed by atoms with van der Waals surface area (Å²) in [6, 6.07) is 3.14. The fourth-order valence-corrected chi connectivity index (χ4v) is 1.13. The summed E-state index contributed by atoms with van der Waals surface area (Å²) < 4.78 is 75.3. The number of ether oxygens (including phenoxy) is 1. The number of alkyl halides is 6. The SMILES string of the molecule is O=C(NCC(F)(F)F)Nc1ccccc1OC(F)(F)F. The zero-order valence-corrected chi connectivity index (χ0v) is 9.60. The predicted molar refractivity (Wildman–Crippen MR) is 56.2 cm³/mol. The van der Waals surface area contributed by atoms with Gasteiger partial charge in [0, 0.05) is 0 Å². The van der Waals surface area contributed by atoms with Crippen LogP contribution in [0.25, 0.3) is 0 Å². The number of halogens is 6. The van der Waals surface area contributed by atoms with Gasteiger partial charge in [-0.1, -0.05) is 12.1 Å². The largest absolute Gasteiger partial charge is 0.573 e. The highest BCUT2D eigenvalue weighted by molar-refractivity contribution is 5.90. The summed E-state index contributed by atoms with van der Waals surface area (Å²) in [5.74, 6) is -0.734. The number of carbonyl (C=O) groups is 1. The van der Waals surface area contributed by atoms with Crippen LogP contribution in [0.3, 0.4) is 0 Å². The Balaban J connectivity index is 2.70. The molecule has 20 heavy (non-hydrogen) atoms. The molecule has 0 aliphatic rings. The Morgan fingerprint density at radius 3 is 2.25 bits per heavy atom. The van der Waals surface area contributed by atoms with E-state index in [0.717, 1.165) is 12.1 Å². The number of rotatable bonds is 3. The third-order valence-corrected chi connectivity index (χ3v) is 1.81. The van der Waals surface area contributed by atoms with Gasteiger partial charge in [-0.3, -0.25) is 0 Å². The Bertz CT molecular complexity index is 472. The highest BCUT2D eigenvalue weighted by Crippen LogP contribution is 2.29. The molecule has 0 atom stereocenters. The van der Waals surface area contributed by atoms with Gasteiger partial charge in [0.2, 0.25) is 0 Å². The van der Waals surface area contributed by atoms with Crippen molar-refractivity contribution in [3.8, 4) is 5.75 Å². The molecule has 0 spiro atoms. The Hall–Kier alpha value is -2.13. The summed E-state index contributed by atoms with van der Waals surface area (Å²) in [7, 11) is 0. The first-order valence-corrected chi connectivity index (χ1v) is 5.03. The second-order valence-corrected chi connectivity index (χ2v) is 3.47. The van der Waals surface area contributed by atoms with Gasteiger partial charge in [0.15, 0.2) is 5.75 Å². The molecule has 112 valence electrons. The summed E-state index contributed by atoms with van der Waals surface area (Å²) in [5, 5.41) is 3.28. The molecule has 0 aliphatic carbocycles. The Labute approximate surface area is 108 Å². The molecule has 0 aliphatic heterocycles. The van der Waals surface area contributed by atoms with E-state index in [4.69, 9.17) is 0 Å². The number of benzene rings is 1. The van der Waals surface area contributed by atoms with Crippen molar-refractivity contribution in [2.45, 2.75) is 12.5 Å². The molecular formula is C10H8F6N2O2. The molecule has 0 saturated heterocycles. The Kier molecular flexibility index (Phi) is 4.69. The van der Waals surface area contributed by atoms with Gasteiger partial charge in [-0.15, -0.1) is 13.2 Å². The highest BCUT2D eigenvalue weighted by atomic mass is 19.4. The topological polar surface area (TPSA) is 50.4 Å². The number of hydrogen-bond acceptors (Lipinski definition) is 2. The number of para-hydroxylation sites is 2.